The number of urea groups is 1. The first-order valence-corrected chi connectivity index (χ1v) is 2.78. The monoisotopic (exact) mass is 169 g/mol. The lowest BCUT2D eigenvalue weighted by atomic mass is 10.5. The first-order valence-electron chi connectivity index (χ1n) is 2.78. The van der Waals surface area contributed by atoms with Crippen LogP contribution in [0.1, 0.15) is 0 Å². The third-order valence-corrected chi connectivity index (χ3v) is 1.33. The molecule has 1 saturated heterocycles. The molecule has 0 aromatic rings. The third-order valence-electron chi connectivity index (χ3n) is 1.33. The van der Waals surface area contributed by atoms with Crippen molar-refractivity contribution in [2.24, 2.45) is 0 Å². The van der Waals surface area contributed by atoms with Gasteiger partial charge in [0.1, 0.15) is 0 Å². The molecule has 1 fully saturated rings. The molecule has 1 atom stereocenters. The lowest BCUT2D eigenvalue weighted by Crippen LogP contribution is -2.47. The largest absolute Gasteiger partial charge is 0.423 e. The summed E-state index contributed by atoms with van der Waals surface area (Å²) < 4.78 is 35.7. The average molecular weight is 169 g/mol. The molecule has 0 spiro atoms. The Bertz CT molecular complexity index is 180. The van der Waals surface area contributed by atoms with Crippen molar-refractivity contribution >= 4 is 6.03 Å². The number of halogens is 3. The second kappa shape index (κ2) is 2.26. The summed E-state index contributed by atoms with van der Waals surface area (Å²) in [5.74, 6) is 0. The maximum absolute atomic E-state index is 11.9. The van der Waals surface area contributed by atoms with E-state index < -0.39 is 18.4 Å². The highest BCUT2D eigenvalue weighted by atomic mass is 19.4. The molecule has 2 amide bonds. The second-order valence-corrected chi connectivity index (χ2v) is 2.13. The number of carbonyl (C=O) groups excluding carboxylic acids is 1. The van der Waals surface area contributed by atoms with Gasteiger partial charge in [-0.2, -0.15) is 13.2 Å². The number of nitrogens with one attached hydrogen (secondary N) is 2. The Morgan fingerprint density at radius 1 is 1.55 bits per heavy atom. The van der Waals surface area contributed by atoms with Crippen LogP contribution in [0.25, 0.3) is 0 Å². The first kappa shape index (κ1) is 8.12. The summed E-state index contributed by atoms with van der Waals surface area (Å²) >= 11 is 0. The quantitative estimate of drug-likeness (QED) is 0.537. The summed E-state index contributed by atoms with van der Waals surface area (Å²) in [4.78, 5) is 11.0. The molecule has 1 unspecified atom stereocenters. The van der Waals surface area contributed by atoms with Gasteiger partial charge in [-0.15, -0.1) is 0 Å². The van der Waals surface area contributed by atoms with Crippen molar-refractivity contribution in [3.63, 3.8) is 0 Å². The van der Waals surface area contributed by atoms with Crippen LogP contribution in [0.3, 0.4) is 0 Å². The van der Waals surface area contributed by atoms with Crippen LogP contribution in [0.4, 0.5) is 18.0 Å². The molecule has 1 rings (SSSR count). The molecular weight excluding hydrogens is 163 g/mol. The van der Waals surface area contributed by atoms with Crippen LogP contribution in [-0.4, -0.2) is 30.3 Å². The van der Waals surface area contributed by atoms with E-state index >= 15 is 0 Å². The van der Waals surface area contributed by atoms with Gasteiger partial charge in [0.15, 0.2) is 6.17 Å². The molecule has 7 heteroatoms. The van der Waals surface area contributed by atoms with Gasteiger partial charge in [0.2, 0.25) is 0 Å². The molecule has 0 aromatic heterocycles. The Labute approximate surface area is 60.3 Å². The summed E-state index contributed by atoms with van der Waals surface area (Å²) in [5.41, 5.74) is 3.64. The van der Waals surface area contributed by atoms with Crippen LogP contribution in [-0.2, 0) is 0 Å². The molecule has 1 aliphatic heterocycles. The molecule has 64 valence electrons. The number of nitrogens with zero attached hydrogens (tertiary/aromatic N) is 1. The van der Waals surface area contributed by atoms with Gasteiger partial charge in [-0.1, -0.05) is 0 Å². The van der Waals surface area contributed by atoms with Gasteiger partial charge in [0.05, 0.1) is 0 Å². The van der Waals surface area contributed by atoms with E-state index in [0.29, 0.717) is 4.90 Å². The van der Waals surface area contributed by atoms with Gasteiger partial charge in [0, 0.05) is 7.05 Å². The van der Waals surface area contributed by atoms with Gasteiger partial charge in [-0.3, -0.25) is 5.43 Å². The Balaban J connectivity index is 2.70. The van der Waals surface area contributed by atoms with Crippen molar-refractivity contribution in [3.05, 3.63) is 0 Å². The van der Waals surface area contributed by atoms with Gasteiger partial charge in [-0.05, 0) is 0 Å². The molecular formula is C4H6F3N3O. The zero-order valence-electron chi connectivity index (χ0n) is 5.57. The van der Waals surface area contributed by atoms with E-state index in [-0.39, 0.29) is 0 Å². The van der Waals surface area contributed by atoms with E-state index in [1.807, 2.05) is 5.43 Å². The van der Waals surface area contributed by atoms with Crippen LogP contribution < -0.4 is 10.9 Å². The van der Waals surface area contributed by atoms with Crippen molar-refractivity contribution in [2.45, 2.75) is 12.3 Å². The Morgan fingerprint density at radius 2 is 2.09 bits per heavy atom. The molecule has 1 heterocycles. The minimum atomic E-state index is -4.44. The summed E-state index contributed by atoms with van der Waals surface area (Å²) in [5, 5.41) is 0. The van der Waals surface area contributed by atoms with Gasteiger partial charge in [-0.25, -0.2) is 10.2 Å². The van der Waals surface area contributed by atoms with Crippen molar-refractivity contribution in [3.8, 4) is 0 Å². The number of hydrogen-bond acceptors (Lipinski definition) is 2. The number of alkyl halides is 3. The third kappa shape index (κ3) is 1.37. The number of hydrogen-bond donors (Lipinski definition) is 2. The average Bonchev–Trinajstić information content (AvgIpc) is 2.11. The second-order valence-electron chi connectivity index (χ2n) is 2.13. The predicted molar refractivity (Wildman–Crippen MR) is 29.3 cm³/mol. The Hall–Kier alpha value is -0.980. The number of rotatable bonds is 0. The number of hydrazine groups is 1. The summed E-state index contributed by atoms with van der Waals surface area (Å²) in [6.45, 7) is 0. The molecule has 1 aliphatic rings. The highest BCUT2D eigenvalue weighted by Crippen LogP contribution is 2.23. The van der Waals surface area contributed by atoms with Crippen LogP contribution in [0.5, 0.6) is 0 Å². The maximum atomic E-state index is 11.9. The van der Waals surface area contributed by atoms with Crippen LogP contribution in [0.15, 0.2) is 0 Å². The molecule has 0 aliphatic carbocycles. The molecule has 11 heavy (non-hydrogen) atoms. The van der Waals surface area contributed by atoms with E-state index in [2.05, 4.69) is 0 Å². The van der Waals surface area contributed by atoms with Crippen molar-refractivity contribution in [2.75, 3.05) is 7.05 Å². The summed E-state index contributed by atoms with van der Waals surface area (Å²) in [6, 6.07) is -0.785. The van der Waals surface area contributed by atoms with Crippen LogP contribution in [0.2, 0.25) is 0 Å². The SMILES string of the molecule is CN1C(=O)NNC1C(F)(F)F. The fraction of sp³-hybridized carbons (Fsp3) is 0.750. The van der Waals surface area contributed by atoms with E-state index in [1.54, 1.807) is 5.43 Å². The topological polar surface area (TPSA) is 44.4 Å². The first-order chi connectivity index (χ1) is 4.93. The number of carbonyl (C=O) groups is 1. The van der Waals surface area contributed by atoms with Crippen LogP contribution >= 0.6 is 0 Å². The molecule has 4 nitrogen and oxygen atoms in total. The van der Waals surface area contributed by atoms with Gasteiger partial charge >= 0.3 is 12.2 Å². The molecule has 0 radical (unpaired) electrons. The van der Waals surface area contributed by atoms with Crippen molar-refractivity contribution in [1.82, 2.24) is 15.8 Å². The molecule has 2 N–H and O–H groups in total. The van der Waals surface area contributed by atoms with E-state index in [0.717, 1.165) is 7.05 Å². The van der Waals surface area contributed by atoms with E-state index in [4.69, 9.17) is 0 Å². The highest BCUT2D eigenvalue weighted by Gasteiger charge is 2.47. The fourth-order valence-electron chi connectivity index (χ4n) is 0.734. The van der Waals surface area contributed by atoms with Crippen LogP contribution in [0, 0.1) is 0 Å². The van der Waals surface area contributed by atoms with Crippen molar-refractivity contribution < 1.29 is 18.0 Å². The zero-order valence-corrected chi connectivity index (χ0v) is 5.57. The lowest BCUT2D eigenvalue weighted by Gasteiger charge is -2.19. The lowest BCUT2D eigenvalue weighted by molar-refractivity contribution is -0.175. The predicted octanol–water partition coefficient (Wildman–Crippen LogP) is 0.0344. The van der Waals surface area contributed by atoms with E-state index in [1.165, 1.54) is 0 Å². The maximum Gasteiger partial charge on any atom is 0.423 e. The standard InChI is InChI=1S/C4H6F3N3O/c1-10-2(4(5,6)7)8-9-3(10)11/h2,8H,1H3,(H,9,11). The van der Waals surface area contributed by atoms with Crippen molar-refractivity contribution in [1.29, 1.82) is 0 Å². The highest BCUT2D eigenvalue weighted by molar-refractivity contribution is 5.75. The summed E-state index contributed by atoms with van der Waals surface area (Å²) in [7, 11) is 1.06. The van der Waals surface area contributed by atoms with Gasteiger partial charge in [0.25, 0.3) is 0 Å². The Morgan fingerprint density at radius 3 is 2.27 bits per heavy atom. The smallest absolute Gasteiger partial charge is 0.301 e. The molecule has 0 aromatic carbocycles. The number of amides is 2. The molecule has 0 saturated carbocycles. The van der Waals surface area contributed by atoms with Gasteiger partial charge < -0.3 is 4.90 Å². The zero-order chi connectivity index (χ0) is 8.65. The summed E-state index contributed by atoms with van der Waals surface area (Å²) in [6.07, 6.45) is -6.36. The fourth-order valence-corrected chi connectivity index (χ4v) is 0.734. The Kier molecular flexibility index (Phi) is 1.67. The minimum absolute atomic E-state index is 0.542. The normalized spacial score (nSPS) is 25.6. The minimum Gasteiger partial charge on any atom is -0.301 e. The van der Waals surface area contributed by atoms with E-state index in [9.17, 15) is 18.0 Å². The molecule has 0 bridgehead atoms.